The quantitative estimate of drug-likeness (QED) is 0.0373. The molecule has 1 aliphatic heterocycles. The van der Waals surface area contributed by atoms with E-state index in [0.29, 0.717) is 35.3 Å². The van der Waals surface area contributed by atoms with Crippen molar-refractivity contribution in [1.82, 2.24) is 0 Å². The fraction of sp³-hybridized carbons (Fsp3) is 0.455. The first kappa shape index (κ1) is 58.9. The second-order valence-corrected chi connectivity index (χ2v) is 17.8. The van der Waals surface area contributed by atoms with E-state index in [2.05, 4.69) is 0 Å². The third-order valence-corrected chi connectivity index (χ3v) is 11.0. The molecule has 398 valence electrons. The van der Waals surface area contributed by atoms with Gasteiger partial charge in [0.1, 0.15) is 111 Å². The van der Waals surface area contributed by atoms with E-state index in [1.807, 2.05) is 32.0 Å². The highest BCUT2D eigenvalue weighted by Gasteiger charge is 2.39. The fourth-order valence-corrected chi connectivity index (χ4v) is 7.75. The topological polar surface area (TPSA) is 254 Å². The molecule has 0 saturated heterocycles. The van der Waals surface area contributed by atoms with Gasteiger partial charge in [0.05, 0.1) is 13.0 Å². The predicted octanol–water partition coefficient (Wildman–Crippen LogP) is 6.92. The Bertz CT molecular complexity index is 2610. The molecule has 0 saturated carbocycles. The van der Waals surface area contributed by atoms with Gasteiger partial charge in [-0.05, 0) is 119 Å². The Kier molecular flexibility index (Phi) is 22.7. The van der Waals surface area contributed by atoms with Crippen LogP contribution in [0.4, 0.5) is 0 Å². The summed E-state index contributed by atoms with van der Waals surface area (Å²) in [4.78, 5) is 122. The zero-order valence-electron chi connectivity index (χ0n) is 43.2. The van der Waals surface area contributed by atoms with Crippen LogP contribution in [0.2, 0.25) is 0 Å². The first-order valence-electron chi connectivity index (χ1n) is 24.0. The molecule has 1 aliphatic rings. The van der Waals surface area contributed by atoms with E-state index < -0.39 is 104 Å². The molecule has 5 unspecified atom stereocenters. The van der Waals surface area contributed by atoms with Crippen molar-refractivity contribution in [1.29, 1.82) is 0 Å². The van der Waals surface area contributed by atoms with Crippen LogP contribution in [-0.2, 0) is 84.5 Å². The maximum absolute atomic E-state index is 13.4. The number of carbonyl (C=O) groups excluding carboxylic acids is 10. The lowest BCUT2D eigenvalue weighted by atomic mass is 9.88. The summed E-state index contributed by atoms with van der Waals surface area (Å²) >= 11 is 0. The summed E-state index contributed by atoms with van der Waals surface area (Å²) < 4.78 is 52.5. The van der Waals surface area contributed by atoms with Crippen molar-refractivity contribution in [2.75, 3.05) is 33.5 Å². The number of benzene rings is 3. The molecule has 0 bridgehead atoms. The molecule has 0 fully saturated rings. The average molecular weight is 1030 g/mol. The van der Waals surface area contributed by atoms with Crippen LogP contribution in [0, 0.1) is 0 Å². The average Bonchev–Trinajstić information content (AvgIpc) is 3.69. The zero-order chi connectivity index (χ0) is 54.6. The Morgan fingerprint density at radius 2 is 1.15 bits per heavy atom. The molecule has 1 heterocycles. The highest BCUT2D eigenvalue weighted by molar-refractivity contribution is 5.96. The monoisotopic (exact) mass is 1030 g/mol. The van der Waals surface area contributed by atoms with Crippen molar-refractivity contribution in [2.24, 2.45) is 0 Å². The lowest BCUT2D eigenvalue weighted by Gasteiger charge is -2.29. The van der Waals surface area contributed by atoms with Crippen LogP contribution in [0.15, 0.2) is 54.6 Å². The van der Waals surface area contributed by atoms with Crippen LogP contribution in [0.5, 0.6) is 23.0 Å². The lowest BCUT2D eigenvalue weighted by molar-refractivity contribution is -0.161. The number of hydrogen-bond acceptors (Lipinski definition) is 19. The molecule has 3 aromatic rings. The third kappa shape index (κ3) is 18.4. The highest BCUT2D eigenvalue weighted by Crippen LogP contribution is 2.49. The van der Waals surface area contributed by atoms with Gasteiger partial charge in [0, 0.05) is 11.1 Å². The second kappa shape index (κ2) is 28.5. The number of esters is 5. The van der Waals surface area contributed by atoms with Crippen LogP contribution in [0.25, 0.3) is 6.08 Å². The number of aryl methyl sites for hydroxylation is 2. The minimum absolute atomic E-state index is 0.0748. The summed E-state index contributed by atoms with van der Waals surface area (Å²) in [5, 5.41) is 0. The molecule has 0 aromatic heterocycles. The first-order valence-corrected chi connectivity index (χ1v) is 24.0. The minimum atomic E-state index is -1.39. The van der Waals surface area contributed by atoms with Crippen LogP contribution in [-0.4, -0.2) is 105 Å². The van der Waals surface area contributed by atoms with Gasteiger partial charge in [-0.2, -0.15) is 0 Å². The number of hydrogen-bond donors (Lipinski definition) is 0. The summed E-state index contributed by atoms with van der Waals surface area (Å²) in [6.07, 6.45) is -2.18. The van der Waals surface area contributed by atoms with Gasteiger partial charge in [-0.25, -0.2) is 0 Å². The van der Waals surface area contributed by atoms with Gasteiger partial charge >= 0.3 is 29.8 Å². The molecule has 0 spiro atoms. The van der Waals surface area contributed by atoms with Crippen molar-refractivity contribution >= 4 is 64.8 Å². The Balaban J connectivity index is 1.77. The molecule has 19 heteroatoms. The summed E-state index contributed by atoms with van der Waals surface area (Å²) in [7, 11) is 1.36. The number of ether oxygens (including phenoxy) is 9. The summed E-state index contributed by atoms with van der Waals surface area (Å²) in [5.41, 5.74) is 3.79. The fourth-order valence-electron chi connectivity index (χ4n) is 7.75. The number of methoxy groups -OCH3 is 1. The first-order chi connectivity index (χ1) is 35.1. The van der Waals surface area contributed by atoms with Crippen LogP contribution in [0.1, 0.15) is 139 Å². The largest absolute Gasteiger partial charge is 0.493 e. The van der Waals surface area contributed by atoms with Gasteiger partial charge in [0.25, 0.3) is 0 Å². The number of Topliss-reactive ketones (excluding diaryl/α,β-unsaturated/α-hetero) is 5. The van der Waals surface area contributed by atoms with Gasteiger partial charge in [-0.3, -0.25) is 47.9 Å². The van der Waals surface area contributed by atoms with E-state index in [-0.39, 0.29) is 66.4 Å². The number of rotatable bonds is 30. The maximum atomic E-state index is 13.4. The van der Waals surface area contributed by atoms with Gasteiger partial charge in [-0.1, -0.05) is 32.1 Å². The van der Waals surface area contributed by atoms with Crippen molar-refractivity contribution in [3.05, 3.63) is 88.0 Å². The molecule has 0 N–H and O–H groups in total. The van der Waals surface area contributed by atoms with Gasteiger partial charge < -0.3 is 42.6 Å². The normalized spacial score (nSPS) is 14.8. The molecule has 0 aliphatic carbocycles. The molecule has 0 radical (unpaired) electrons. The van der Waals surface area contributed by atoms with Gasteiger partial charge in [-0.15, -0.1) is 0 Å². The smallest absolute Gasteiger partial charge is 0.314 e. The maximum Gasteiger partial charge on any atom is 0.314 e. The van der Waals surface area contributed by atoms with Crippen molar-refractivity contribution in [3.8, 4) is 23.0 Å². The van der Waals surface area contributed by atoms with E-state index >= 15 is 0 Å². The Morgan fingerprint density at radius 3 is 1.73 bits per heavy atom. The standard InChI is InChI=1S/C55H64O19/c1-10-38-26-40(54-43(29-69-50(63)21-33(5)58)42-25-37(24-39(11-2)53(42)74-54)13-12-18-67-48(61)19-31(3)56)14-16-44(38)72-47(30-70-51(64)22-34(6)59)55(73-52(65)23-35(7)60)41-15-17-45(46(27-41)66-9)71-36(8)28-68-49(62)20-32(4)57/h12-17,24-27,36,43,47,54-55H,10-11,18-23,28-30H2,1-9H3/b13-12+. The molecule has 74 heavy (non-hydrogen) atoms. The molecule has 0 amide bonds. The second-order valence-electron chi connectivity index (χ2n) is 17.8. The Morgan fingerprint density at radius 1 is 0.595 bits per heavy atom. The molecule has 19 nitrogen and oxygen atoms in total. The van der Waals surface area contributed by atoms with Crippen LogP contribution in [0.3, 0.4) is 0 Å². The highest BCUT2D eigenvalue weighted by atomic mass is 16.6. The van der Waals surface area contributed by atoms with Gasteiger partial charge in [0.2, 0.25) is 0 Å². The Hall–Kier alpha value is -7.70. The number of ketones is 5. The van der Waals surface area contributed by atoms with Crippen LogP contribution < -0.4 is 18.9 Å². The molecule has 5 atom stereocenters. The minimum Gasteiger partial charge on any atom is -0.493 e. The Labute approximate surface area is 429 Å². The summed E-state index contributed by atoms with van der Waals surface area (Å²) in [5.74, 6) is -5.30. The van der Waals surface area contributed by atoms with Crippen molar-refractivity contribution in [3.63, 3.8) is 0 Å². The van der Waals surface area contributed by atoms with Crippen LogP contribution >= 0.6 is 0 Å². The lowest BCUT2D eigenvalue weighted by Crippen LogP contribution is -2.35. The van der Waals surface area contributed by atoms with E-state index in [0.717, 1.165) is 11.1 Å². The van der Waals surface area contributed by atoms with E-state index in [4.69, 9.17) is 42.6 Å². The van der Waals surface area contributed by atoms with E-state index in [9.17, 15) is 47.9 Å². The van der Waals surface area contributed by atoms with Crippen molar-refractivity contribution < 1.29 is 90.6 Å². The molecular weight excluding hydrogens is 965 g/mol. The predicted molar refractivity (Wildman–Crippen MR) is 263 cm³/mol. The number of fused-ring (bicyclic) bond motifs is 1. The summed E-state index contributed by atoms with van der Waals surface area (Å²) in [6, 6.07) is 13.5. The molecular formula is C55H64O19. The molecule has 4 rings (SSSR count). The zero-order valence-corrected chi connectivity index (χ0v) is 43.2. The SMILES string of the molecule is CCc1cc(C2Oc3c(CC)cc(/C=C/COC(=O)CC(C)=O)cc3C2COC(=O)CC(C)=O)ccc1OC(COC(=O)CC(C)=O)C(OC(=O)CC(C)=O)c1ccc(OC(C)COC(=O)CC(C)=O)c(OC)c1. The van der Waals surface area contributed by atoms with Gasteiger partial charge in [0.15, 0.2) is 23.7 Å². The summed E-state index contributed by atoms with van der Waals surface area (Å²) in [6.45, 7) is 10.7. The van der Waals surface area contributed by atoms with Crippen molar-refractivity contribution in [2.45, 2.75) is 131 Å². The molecule has 3 aromatic carbocycles. The number of carbonyl (C=O) groups is 10. The van der Waals surface area contributed by atoms with E-state index in [1.165, 1.54) is 59.9 Å². The van der Waals surface area contributed by atoms with E-state index in [1.54, 1.807) is 31.2 Å². The third-order valence-electron chi connectivity index (χ3n) is 11.0.